The fourth-order valence-corrected chi connectivity index (χ4v) is 1.63. The number of carbonyl (C=O) groups is 1. The van der Waals surface area contributed by atoms with Crippen molar-refractivity contribution in [3.8, 4) is 0 Å². The second-order valence-corrected chi connectivity index (χ2v) is 4.14. The molecule has 5 nitrogen and oxygen atoms in total. The van der Waals surface area contributed by atoms with Crippen LogP contribution in [0.4, 0.5) is 0 Å². The third-order valence-corrected chi connectivity index (χ3v) is 2.57. The van der Waals surface area contributed by atoms with Gasteiger partial charge in [-0.3, -0.25) is 9.89 Å². The van der Waals surface area contributed by atoms with Crippen LogP contribution >= 0.6 is 0 Å². The van der Waals surface area contributed by atoms with Crippen molar-refractivity contribution in [1.29, 1.82) is 0 Å². The molecule has 0 radical (unpaired) electrons. The Kier molecular flexibility index (Phi) is 3.39. The predicted octanol–water partition coefficient (Wildman–Crippen LogP) is 1.03. The van der Waals surface area contributed by atoms with Crippen molar-refractivity contribution in [2.24, 2.45) is 5.73 Å². The van der Waals surface area contributed by atoms with Gasteiger partial charge in [0.05, 0.1) is 5.52 Å². The van der Waals surface area contributed by atoms with Crippen molar-refractivity contribution in [1.82, 2.24) is 15.5 Å². The Morgan fingerprint density at radius 2 is 2.29 bits per heavy atom. The summed E-state index contributed by atoms with van der Waals surface area (Å²) >= 11 is 0. The van der Waals surface area contributed by atoms with Crippen LogP contribution in [0.25, 0.3) is 10.9 Å². The van der Waals surface area contributed by atoms with E-state index in [1.54, 1.807) is 0 Å². The van der Waals surface area contributed by atoms with Gasteiger partial charge >= 0.3 is 0 Å². The van der Waals surface area contributed by atoms with Gasteiger partial charge in [-0.05, 0) is 19.4 Å². The monoisotopic (exact) mass is 232 g/mol. The summed E-state index contributed by atoms with van der Waals surface area (Å²) < 4.78 is 0. The molecule has 1 aromatic carbocycles. The SMILES string of the molecule is CC(N)CCNC(=O)c1n[nH]c2ccccc12. The van der Waals surface area contributed by atoms with Crippen molar-refractivity contribution >= 4 is 16.8 Å². The average molecular weight is 232 g/mol. The van der Waals surface area contributed by atoms with E-state index in [9.17, 15) is 4.79 Å². The number of fused-ring (bicyclic) bond motifs is 1. The van der Waals surface area contributed by atoms with Gasteiger partial charge in [0.15, 0.2) is 5.69 Å². The molecule has 0 aliphatic carbocycles. The summed E-state index contributed by atoms with van der Waals surface area (Å²) in [6, 6.07) is 7.64. The zero-order chi connectivity index (χ0) is 12.3. The fourth-order valence-electron chi connectivity index (χ4n) is 1.63. The number of para-hydroxylation sites is 1. The van der Waals surface area contributed by atoms with Crippen LogP contribution in [-0.4, -0.2) is 28.7 Å². The summed E-state index contributed by atoms with van der Waals surface area (Å²) in [6.45, 7) is 2.48. The second-order valence-electron chi connectivity index (χ2n) is 4.14. The highest BCUT2D eigenvalue weighted by Gasteiger charge is 2.12. The lowest BCUT2D eigenvalue weighted by Crippen LogP contribution is -2.29. The van der Waals surface area contributed by atoms with Crippen molar-refractivity contribution < 1.29 is 4.79 Å². The Morgan fingerprint density at radius 1 is 1.53 bits per heavy atom. The summed E-state index contributed by atoms with van der Waals surface area (Å²) in [5.41, 5.74) is 6.92. The number of rotatable bonds is 4. The van der Waals surface area contributed by atoms with Gasteiger partial charge in [0.2, 0.25) is 0 Å². The molecule has 5 heteroatoms. The number of amides is 1. The highest BCUT2D eigenvalue weighted by molar-refractivity contribution is 6.04. The van der Waals surface area contributed by atoms with Gasteiger partial charge in [0.1, 0.15) is 0 Å². The fraction of sp³-hybridized carbons (Fsp3) is 0.333. The van der Waals surface area contributed by atoms with Gasteiger partial charge in [-0.15, -0.1) is 0 Å². The number of hydrogen-bond acceptors (Lipinski definition) is 3. The Hall–Kier alpha value is -1.88. The van der Waals surface area contributed by atoms with Gasteiger partial charge in [-0.2, -0.15) is 5.10 Å². The highest BCUT2D eigenvalue weighted by Crippen LogP contribution is 2.14. The first-order valence-corrected chi connectivity index (χ1v) is 5.65. The molecule has 0 aliphatic heterocycles. The van der Waals surface area contributed by atoms with E-state index in [0.717, 1.165) is 17.3 Å². The highest BCUT2D eigenvalue weighted by atomic mass is 16.1. The lowest BCUT2D eigenvalue weighted by atomic mass is 10.2. The molecule has 1 amide bonds. The van der Waals surface area contributed by atoms with E-state index in [0.29, 0.717) is 12.2 Å². The van der Waals surface area contributed by atoms with Crippen LogP contribution in [0, 0.1) is 0 Å². The molecule has 90 valence electrons. The number of nitrogens with zero attached hydrogens (tertiary/aromatic N) is 1. The van der Waals surface area contributed by atoms with E-state index in [1.165, 1.54) is 0 Å². The first-order chi connectivity index (χ1) is 8.18. The average Bonchev–Trinajstić information content (AvgIpc) is 2.72. The topological polar surface area (TPSA) is 83.8 Å². The standard InChI is InChI=1S/C12H16N4O/c1-8(13)6-7-14-12(17)11-9-4-2-3-5-10(9)15-16-11/h2-5,8H,6-7,13H2,1H3,(H,14,17)(H,15,16). The van der Waals surface area contributed by atoms with Crippen molar-refractivity contribution in [2.45, 2.75) is 19.4 Å². The first kappa shape index (κ1) is 11.6. The molecule has 0 saturated carbocycles. The Labute approximate surface area is 99.4 Å². The molecular formula is C12H16N4O. The smallest absolute Gasteiger partial charge is 0.272 e. The molecule has 0 fully saturated rings. The molecule has 17 heavy (non-hydrogen) atoms. The maximum atomic E-state index is 11.9. The summed E-state index contributed by atoms with van der Waals surface area (Å²) in [5.74, 6) is -0.164. The molecule has 0 bridgehead atoms. The first-order valence-electron chi connectivity index (χ1n) is 5.65. The Bertz CT molecular complexity index is 518. The van der Waals surface area contributed by atoms with Crippen LogP contribution in [0.15, 0.2) is 24.3 Å². The number of hydrogen-bond donors (Lipinski definition) is 3. The lowest BCUT2D eigenvalue weighted by molar-refractivity contribution is 0.0949. The van der Waals surface area contributed by atoms with Gasteiger partial charge in [0.25, 0.3) is 5.91 Å². The molecule has 1 heterocycles. The third-order valence-electron chi connectivity index (χ3n) is 2.57. The van der Waals surface area contributed by atoms with E-state index >= 15 is 0 Å². The molecular weight excluding hydrogens is 216 g/mol. The number of aromatic amines is 1. The minimum atomic E-state index is -0.164. The third kappa shape index (κ3) is 2.62. The molecule has 0 saturated heterocycles. The van der Waals surface area contributed by atoms with Crippen molar-refractivity contribution in [3.63, 3.8) is 0 Å². The molecule has 1 unspecified atom stereocenters. The van der Waals surface area contributed by atoms with Crippen molar-refractivity contribution in [2.75, 3.05) is 6.54 Å². The normalized spacial score (nSPS) is 12.6. The summed E-state index contributed by atoms with van der Waals surface area (Å²) in [7, 11) is 0. The van der Waals surface area contributed by atoms with E-state index in [2.05, 4.69) is 15.5 Å². The summed E-state index contributed by atoms with van der Waals surface area (Å²) in [4.78, 5) is 11.9. The summed E-state index contributed by atoms with van der Waals surface area (Å²) in [6.07, 6.45) is 0.758. The van der Waals surface area contributed by atoms with Crippen LogP contribution in [0.2, 0.25) is 0 Å². The van der Waals surface area contributed by atoms with E-state index in [1.807, 2.05) is 31.2 Å². The number of benzene rings is 1. The van der Waals surface area contributed by atoms with Crippen LogP contribution in [0.3, 0.4) is 0 Å². The second kappa shape index (κ2) is 4.97. The lowest BCUT2D eigenvalue weighted by Gasteiger charge is -2.05. The maximum absolute atomic E-state index is 11.9. The largest absolute Gasteiger partial charge is 0.351 e. The number of aromatic nitrogens is 2. The Balaban J connectivity index is 2.09. The molecule has 4 N–H and O–H groups in total. The quantitative estimate of drug-likeness (QED) is 0.736. The molecule has 0 aliphatic rings. The van der Waals surface area contributed by atoms with Crippen molar-refractivity contribution in [3.05, 3.63) is 30.0 Å². The van der Waals surface area contributed by atoms with E-state index in [4.69, 9.17) is 5.73 Å². The van der Waals surface area contributed by atoms with Crippen LogP contribution in [0.1, 0.15) is 23.8 Å². The Morgan fingerprint density at radius 3 is 3.06 bits per heavy atom. The minimum absolute atomic E-state index is 0.0891. The van der Waals surface area contributed by atoms with Gasteiger partial charge in [-0.1, -0.05) is 18.2 Å². The van der Waals surface area contributed by atoms with E-state index < -0.39 is 0 Å². The maximum Gasteiger partial charge on any atom is 0.272 e. The van der Waals surface area contributed by atoms with Gasteiger partial charge < -0.3 is 11.1 Å². The molecule has 2 rings (SSSR count). The number of nitrogens with two attached hydrogens (primary N) is 1. The number of nitrogens with one attached hydrogen (secondary N) is 2. The van der Waals surface area contributed by atoms with E-state index in [-0.39, 0.29) is 11.9 Å². The minimum Gasteiger partial charge on any atom is -0.351 e. The molecule has 1 aromatic heterocycles. The molecule has 1 atom stereocenters. The number of H-pyrrole nitrogens is 1. The zero-order valence-electron chi connectivity index (χ0n) is 9.73. The molecule has 0 spiro atoms. The van der Waals surface area contributed by atoms with Gasteiger partial charge in [-0.25, -0.2) is 0 Å². The molecule has 2 aromatic rings. The van der Waals surface area contributed by atoms with Crippen LogP contribution in [-0.2, 0) is 0 Å². The van der Waals surface area contributed by atoms with Crippen LogP contribution in [0.5, 0.6) is 0 Å². The number of carbonyl (C=O) groups excluding carboxylic acids is 1. The van der Waals surface area contributed by atoms with Crippen LogP contribution < -0.4 is 11.1 Å². The summed E-state index contributed by atoms with van der Waals surface area (Å²) in [5, 5.41) is 10.5. The van der Waals surface area contributed by atoms with Gasteiger partial charge in [0, 0.05) is 18.0 Å². The zero-order valence-corrected chi connectivity index (χ0v) is 9.73. The predicted molar refractivity (Wildman–Crippen MR) is 66.7 cm³/mol.